The Labute approximate surface area is 111 Å². The van der Waals surface area contributed by atoms with Crippen molar-refractivity contribution < 1.29 is 4.39 Å². The number of anilines is 3. The Morgan fingerprint density at radius 3 is 3.11 bits per heavy atom. The van der Waals surface area contributed by atoms with Crippen LogP contribution in [0.25, 0.3) is 0 Å². The molecule has 4 nitrogen and oxygen atoms in total. The summed E-state index contributed by atoms with van der Waals surface area (Å²) in [5.41, 5.74) is 3.61. The van der Waals surface area contributed by atoms with Gasteiger partial charge in [0, 0.05) is 17.9 Å². The van der Waals surface area contributed by atoms with Crippen molar-refractivity contribution in [3.63, 3.8) is 0 Å². The standard InChI is InChI=1S/C14H15FN4/c1-9-13(15)14(18-8-17-9)19-11-4-5-12-10(7-11)3-2-6-16-12/h4-5,7-8,16H,2-3,6H2,1H3,(H,17,18,19). The molecule has 0 spiro atoms. The second-order valence-electron chi connectivity index (χ2n) is 4.65. The van der Waals surface area contributed by atoms with Crippen molar-refractivity contribution in [1.82, 2.24) is 9.97 Å². The number of nitrogens with zero attached hydrogens (tertiary/aromatic N) is 2. The number of aryl methyl sites for hydroxylation is 2. The molecule has 1 aliphatic rings. The highest BCUT2D eigenvalue weighted by Gasteiger charge is 2.11. The van der Waals surface area contributed by atoms with Crippen LogP contribution in [0.1, 0.15) is 17.7 Å². The van der Waals surface area contributed by atoms with E-state index in [4.69, 9.17) is 0 Å². The Morgan fingerprint density at radius 2 is 2.21 bits per heavy atom. The summed E-state index contributed by atoms with van der Waals surface area (Å²) in [5.74, 6) is -0.186. The Balaban J connectivity index is 1.89. The summed E-state index contributed by atoms with van der Waals surface area (Å²) in [4.78, 5) is 7.75. The summed E-state index contributed by atoms with van der Waals surface area (Å²) >= 11 is 0. The van der Waals surface area contributed by atoms with E-state index in [1.807, 2.05) is 18.2 Å². The molecule has 3 rings (SSSR count). The van der Waals surface area contributed by atoms with E-state index in [1.165, 1.54) is 11.9 Å². The lowest BCUT2D eigenvalue weighted by molar-refractivity contribution is 0.607. The van der Waals surface area contributed by atoms with Crippen molar-refractivity contribution in [2.24, 2.45) is 0 Å². The first-order valence-corrected chi connectivity index (χ1v) is 6.35. The molecule has 0 radical (unpaired) electrons. The fourth-order valence-electron chi connectivity index (χ4n) is 2.23. The topological polar surface area (TPSA) is 49.8 Å². The molecule has 2 heterocycles. The fraction of sp³-hybridized carbons (Fsp3) is 0.286. The van der Waals surface area contributed by atoms with E-state index in [-0.39, 0.29) is 5.82 Å². The molecule has 0 bridgehead atoms. The minimum Gasteiger partial charge on any atom is -0.385 e. The largest absolute Gasteiger partial charge is 0.385 e. The van der Waals surface area contributed by atoms with Crippen LogP contribution in [0.5, 0.6) is 0 Å². The average Bonchev–Trinajstić information content (AvgIpc) is 2.44. The van der Waals surface area contributed by atoms with Crippen LogP contribution in [0.4, 0.5) is 21.6 Å². The van der Waals surface area contributed by atoms with Crippen LogP contribution < -0.4 is 10.6 Å². The van der Waals surface area contributed by atoms with Gasteiger partial charge in [-0.1, -0.05) is 0 Å². The van der Waals surface area contributed by atoms with E-state index in [1.54, 1.807) is 6.92 Å². The van der Waals surface area contributed by atoms with E-state index >= 15 is 0 Å². The Kier molecular flexibility index (Phi) is 3.03. The molecular weight excluding hydrogens is 243 g/mol. The number of hydrogen-bond donors (Lipinski definition) is 2. The highest BCUT2D eigenvalue weighted by molar-refractivity contribution is 5.64. The zero-order chi connectivity index (χ0) is 13.2. The quantitative estimate of drug-likeness (QED) is 0.869. The molecule has 19 heavy (non-hydrogen) atoms. The average molecular weight is 258 g/mol. The SMILES string of the molecule is Cc1ncnc(Nc2ccc3c(c2)CCCN3)c1F. The molecule has 2 N–H and O–H groups in total. The summed E-state index contributed by atoms with van der Waals surface area (Å²) in [5, 5.41) is 6.36. The smallest absolute Gasteiger partial charge is 0.186 e. The highest BCUT2D eigenvalue weighted by Crippen LogP contribution is 2.27. The number of hydrogen-bond acceptors (Lipinski definition) is 4. The van der Waals surface area contributed by atoms with Gasteiger partial charge < -0.3 is 10.6 Å². The molecule has 98 valence electrons. The maximum absolute atomic E-state index is 13.8. The van der Waals surface area contributed by atoms with Gasteiger partial charge in [-0.15, -0.1) is 0 Å². The van der Waals surface area contributed by atoms with Gasteiger partial charge in [0.25, 0.3) is 0 Å². The van der Waals surface area contributed by atoms with Gasteiger partial charge in [-0.3, -0.25) is 0 Å². The zero-order valence-electron chi connectivity index (χ0n) is 10.7. The molecule has 2 aromatic rings. The van der Waals surface area contributed by atoms with Gasteiger partial charge in [-0.2, -0.15) is 0 Å². The number of aromatic nitrogens is 2. The van der Waals surface area contributed by atoms with E-state index < -0.39 is 5.82 Å². The number of fused-ring (bicyclic) bond motifs is 1. The maximum atomic E-state index is 13.8. The predicted octanol–water partition coefficient (Wildman–Crippen LogP) is 3.03. The maximum Gasteiger partial charge on any atom is 0.186 e. The van der Waals surface area contributed by atoms with Crippen molar-refractivity contribution in [3.8, 4) is 0 Å². The number of nitrogens with one attached hydrogen (secondary N) is 2. The minimum absolute atomic E-state index is 0.219. The normalized spacial score (nSPS) is 13.6. The second-order valence-corrected chi connectivity index (χ2v) is 4.65. The second kappa shape index (κ2) is 4.84. The molecule has 5 heteroatoms. The molecular formula is C14H15FN4. The number of rotatable bonds is 2. The summed E-state index contributed by atoms with van der Waals surface area (Å²) in [6, 6.07) is 5.98. The fourth-order valence-corrected chi connectivity index (χ4v) is 2.23. The van der Waals surface area contributed by atoms with Gasteiger partial charge in [-0.25, -0.2) is 14.4 Å². The first-order chi connectivity index (χ1) is 9.24. The summed E-state index contributed by atoms with van der Waals surface area (Å²) in [7, 11) is 0. The molecule has 0 amide bonds. The molecule has 0 atom stereocenters. The number of benzene rings is 1. The molecule has 0 aliphatic carbocycles. The van der Waals surface area contributed by atoms with Crippen LogP contribution in [0.2, 0.25) is 0 Å². The highest BCUT2D eigenvalue weighted by atomic mass is 19.1. The molecule has 1 aromatic heterocycles. The van der Waals surface area contributed by atoms with Crippen molar-refractivity contribution in [3.05, 3.63) is 41.6 Å². The molecule has 0 saturated heterocycles. The Hall–Kier alpha value is -2.17. The third-order valence-electron chi connectivity index (χ3n) is 3.27. The Bertz CT molecular complexity index is 612. The lowest BCUT2D eigenvalue weighted by atomic mass is 10.0. The van der Waals surface area contributed by atoms with Gasteiger partial charge in [0.2, 0.25) is 0 Å². The molecule has 1 aliphatic heterocycles. The Morgan fingerprint density at radius 1 is 1.32 bits per heavy atom. The lowest BCUT2D eigenvalue weighted by Crippen LogP contribution is -2.11. The van der Waals surface area contributed by atoms with Gasteiger partial charge >= 0.3 is 0 Å². The minimum atomic E-state index is -0.404. The zero-order valence-corrected chi connectivity index (χ0v) is 10.7. The molecule has 0 saturated carbocycles. The van der Waals surface area contributed by atoms with Crippen molar-refractivity contribution in [2.75, 3.05) is 17.2 Å². The third kappa shape index (κ3) is 2.36. The number of halogens is 1. The van der Waals surface area contributed by atoms with Crippen LogP contribution >= 0.6 is 0 Å². The van der Waals surface area contributed by atoms with Crippen molar-refractivity contribution in [2.45, 2.75) is 19.8 Å². The molecule has 0 fully saturated rings. The first kappa shape index (κ1) is 11.9. The molecule has 0 unspecified atom stereocenters. The van der Waals surface area contributed by atoms with Gasteiger partial charge in [0.1, 0.15) is 6.33 Å². The molecule has 1 aromatic carbocycles. The van der Waals surface area contributed by atoms with Crippen LogP contribution in [0.3, 0.4) is 0 Å². The monoisotopic (exact) mass is 258 g/mol. The summed E-state index contributed by atoms with van der Waals surface area (Å²) in [6.07, 6.45) is 3.53. The van der Waals surface area contributed by atoms with E-state index in [2.05, 4.69) is 20.6 Å². The van der Waals surface area contributed by atoms with Gasteiger partial charge in [0.15, 0.2) is 11.6 Å². The van der Waals surface area contributed by atoms with E-state index in [0.717, 1.165) is 30.8 Å². The van der Waals surface area contributed by atoms with Crippen LogP contribution in [-0.4, -0.2) is 16.5 Å². The van der Waals surface area contributed by atoms with E-state index in [0.29, 0.717) is 5.69 Å². The summed E-state index contributed by atoms with van der Waals surface area (Å²) < 4.78 is 13.8. The van der Waals surface area contributed by atoms with Crippen molar-refractivity contribution >= 4 is 17.2 Å². The van der Waals surface area contributed by atoms with Crippen LogP contribution in [0.15, 0.2) is 24.5 Å². The van der Waals surface area contributed by atoms with Crippen LogP contribution in [-0.2, 0) is 6.42 Å². The predicted molar refractivity (Wildman–Crippen MR) is 73.3 cm³/mol. The van der Waals surface area contributed by atoms with Crippen molar-refractivity contribution in [1.29, 1.82) is 0 Å². The summed E-state index contributed by atoms with van der Waals surface area (Å²) in [6.45, 7) is 2.64. The van der Waals surface area contributed by atoms with Crippen LogP contribution in [0, 0.1) is 12.7 Å². The third-order valence-corrected chi connectivity index (χ3v) is 3.27. The lowest BCUT2D eigenvalue weighted by Gasteiger charge is -2.19. The first-order valence-electron chi connectivity index (χ1n) is 6.35. The van der Waals surface area contributed by atoms with Gasteiger partial charge in [0.05, 0.1) is 5.69 Å². The van der Waals surface area contributed by atoms with Gasteiger partial charge in [-0.05, 0) is 43.5 Å². The van der Waals surface area contributed by atoms with E-state index in [9.17, 15) is 4.39 Å².